The van der Waals surface area contributed by atoms with E-state index < -0.39 is 6.09 Å². The third kappa shape index (κ3) is 5.35. The fraction of sp³-hybridized carbons (Fsp3) is 0.200. The Morgan fingerprint density at radius 2 is 1.76 bits per heavy atom. The first-order valence-electron chi connectivity index (χ1n) is 8.96. The number of aromatic nitrogens is 3. The van der Waals surface area contributed by atoms with Crippen LogP contribution >= 0.6 is 11.8 Å². The summed E-state index contributed by atoms with van der Waals surface area (Å²) >= 11 is 1.31. The predicted octanol–water partition coefficient (Wildman–Crippen LogP) is 3.74. The molecule has 29 heavy (non-hydrogen) atoms. The summed E-state index contributed by atoms with van der Waals surface area (Å²) in [5.74, 6) is 0.0248. The summed E-state index contributed by atoms with van der Waals surface area (Å²) in [6, 6.07) is 14.8. The number of benzene rings is 2. The standard InChI is InChI=1S/C20H21N5O3S/c1-3-14-6-4-5-7-17(14)25-13-21-24-19(25)29-12-18(26)22-15-8-10-16(11-9-15)23-20(27)28-2/h4-11,13H,3,12H2,1-2H3,(H,22,26)(H,23,27). The Morgan fingerprint density at radius 1 is 1.07 bits per heavy atom. The molecule has 2 N–H and O–H groups in total. The van der Waals surface area contributed by atoms with Gasteiger partial charge in [0.15, 0.2) is 5.16 Å². The topological polar surface area (TPSA) is 98.1 Å². The van der Waals surface area contributed by atoms with Gasteiger partial charge in [-0.05, 0) is 42.3 Å². The van der Waals surface area contributed by atoms with E-state index in [2.05, 4.69) is 38.6 Å². The fourth-order valence-electron chi connectivity index (χ4n) is 2.67. The van der Waals surface area contributed by atoms with Gasteiger partial charge in [-0.15, -0.1) is 10.2 Å². The van der Waals surface area contributed by atoms with Gasteiger partial charge in [0.05, 0.1) is 18.6 Å². The number of nitrogens with one attached hydrogen (secondary N) is 2. The number of hydrogen-bond acceptors (Lipinski definition) is 6. The molecule has 0 radical (unpaired) electrons. The molecule has 0 aliphatic carbocycles. The van der Waals surface area contributed by atoms with Crippen molar-refractivity contribution in [3.63, 3.8) is 0 Å². The highest BCUT2D eigenvalue weighted by Gasteiger charge is 2.12. The minimum absolute atomic E-state index is 0.165. The molecule has 0 aliphatic heterocycles. The monoisotopic (exact) mass is 411 g/mol. The zero-order valence-electron chi connectivity index (χ0n) is 16.1. The molecule has 0 unspecified atom stereocenters. The van der Waals surface area contributed by atoms with E-state index in [1.807, 2.05) is 22.8 Å². The number of nitrogens with zero attached hydrogens (tertiary/aromatic N) is 3. The molecule has 0 bridgehead atoms. The molecule has 0 spiro atoms. The molecule has 2 aromatic carbocycles. The van der Waals surface area contributed by atoms with E-state index in [9.17, 15) is 9.59 Å². The Kier molecular flexibility index (Phi) is 6.85. The van der Waals surface area contributed by atoms with Crippen molar-refractivity contribution in [3.8, 4) is 5.69 Å². The van der Waals surface area contributed by atoms with Crippen LogP contribution in [0.25, 0.3) is 5.69 Å². The summed E-state index contributed by atoms with van der Waals surface area (Å²) in [4.78, 5) is 23.5. The SMILES string of the molecule is CCc1ccccc1-n1cnnc1SCC(=O)Nc1ccc(NC(=O)OC)cc1. The third-order valence-corrected chi connectivity index (χ3v) is 5.02. The molecule has 3 aromatic rings. The van der Waals surface area contributed by atoms with Gasteiger partial charge < -0.3 is 10.1 Å². The largest absolute Gasteiger partial charge is 0.453 e. The Balaban J connectivity index is 1.59. The second-order valence-electron chi connectivity index (χ2n) is 6.00. The number of anilines is 2. The third-order valence-electron chi connectivity index (χ3n) is 4.08. The van der Waals surface area contributed by atoms with E-state index >= 15 is 0 Å². The van der Waals surface area contributed by atoms with Crippen molar-refractivity contribution >= 4 is 35.1 Å². The Labute approximate surface area is 172 Å². The number of thioether (sulfide) groups is 1. The lowest BCUT2D eigenvalue weighted by Gasteiger charge is -2.11. The molecule has 9 heteroatoms. The van der Waals surface area contributed by atoms with Crippen molar-refractivity contribution in [1.82, 2.24) is 14.8 Å². The summed E-state index contributed by atoms with van der Waals surface area (Å²) in [7, 11) is 1.29. The van der Waals surface area contributed by atoms with Crippen molar-refractivity contribution < 1.29 is 14.3 Å². The van der Waals surface area contributed by atoms with Gasteiger partial charge in [0.1, 0.15) is 6.33 Å². The summed E-state index contributed by atoms with van der Waals surface area (Å²) in [5.41, 5.74) is 3.39. The number of ether oxygens (including phenoxy) is 1. The number of rotatable bonds is 7. The van der Waals surface area contributed by atoms with Crippen LogP contribution in [0.4, 0.5) is 16.2 Å². The summed E-state index contributed by atoms with van der Waals surface area (Å²) in [6.07, 6.45) is 1.99. The van der Waals surface area contributed by atoms with Gasteiger partial charge in [0, 0.05) is 11.4 Å². The van der Waals surface area contributed by atoms with Crippen LogP contribution in [0, 0.1) is 0 Å². The van der Waals surface area contributed by atoms with E-state index in [-0.39, 0.29) is 11.7 Å². The zero-order valence-corrected chi connectivity index (χ0v) is 16.9. The lowest BCUT2D eigenvalue weighted by Crippen LogP contribution is -2.15. The molecular formula is C20H21N5O3S. The predicted molar refractivity (Wildman–Crippen MR) is 113 cm³/mol. The van der Waals surface area contributed by atoms with Crippen LogP contribution < -0.4 is 10.6 Å². The van der Waals surface area contributed by atoms with Gasteiger partial charge in [-0.25, -0.2) is 4.79 Å². The first-order valence-corrected chi connectivity index (χ1v) is 9.95. The molecule has 1 aromatic heterocycles. The van der Waals surface area contributed by atoms with Crippen LogP contribution in [0.15, 0.2) is 60.0 Å². The molecular weight excluding hydrogens is 390 g/mol. The maximum absolute atomic E-state index is 12.3. The van der Waals surface area contributed by atoms with Crippen LogP contribution in [0.2, 0.25) is 0 Å². The smallest absolute Gasteiger partial charge is 0.411 e. The van der Waals surface area contributed by atoms with E-state index in [0.717, 1.165) is 12.1 Å². The van der Waals surface area contributed by atoms with E-state index in [4.69, 9.17) is 0 Å². The number of carbonyl (C=O) groups is 2. The molecule has 2 amide bonds. The quantitative estimate of drug-likeness (QED) is 0.575. The van der Waals surface area contributed by atoms with Crippen LogP contribution in [0.3, 0.4) is 0 Å². The van der Waals surface area contributed by atoms with Gasteiger partial charge >= 0.3 is 6.09 Å². The summed E-state index contributed by atoms with van der Waals surface area (Å²) in [5, 5.41) is 14.2. The first-order chi connectivity index (χ1) is 14.1. The van der Waals surface area contributed by atoms with Crippen molar-refractivity contribution in [1.29, 1.82) is 0 Å². The molecule has 150 valence electrons. The lowest BCUT2D eigenvalue weighted by atomic mass is 10.1. The number of carbonyl (C=O) groups excluding carboxylic acids is 2. The van der Waals surface area contributed by atoms with Crippen molar-refractivity contribution in [2.75, 3.05) is 23.5 Å². The number of amides is 2. The first kappa shape index (κ1) is 20.4. The molecule has 3 rings (SSSR count). The molecule has 0 atom stereocenters. The molecule has 0 aliphatic rings. The summed E-state index contributed by atoms with van der Waals surface area (Å²) in [6.45, 7) is 2.09. The zero-order chi connectivity index (χ0) is 20.6. The van der Waals surface area contributed by atoms with Crippen LogP contribution in [0.1, 0.15) is 12.5 Å². The van der Waals surface area contributed by atoms with Gasteiger partial charge in [-0.2, -0.15) is 0 Å². The second-order valence-corrected chi connectivity index (χ2v) is 6.94. The minimum Gasteiger partial charge on any atom is -0.453 e. The van der Waals surface area contributed by atoms with Crippen LogP contribution in [-0.4, -0.2) is 39.6 Å². The average Bonchev–Trinajstić information content (AvgIpc) is 3.22. The Hall–Kier alpha value is -3.33. The van der Waals surface area contributed by atoms with E-state index in [1.54, 1.807) is 30.6 Å². The number of hydrogen-bond donors (Lipinski definition) is 2. The minimum atomic E-state index is -0.549. The van der Waals surface area contributed by atoms with E-state index in [1.165, 1.54) is 24.4 Å². The Bertz CT molecular complexity index is 988. The van der Waals surface area contributed by atoms with Gasteiger partial charge in [-0.1, -0.05) is 36.9 Å². The molecule has 8 nitrogen and oxygen atoms in total. The normalized spacial score (nSPS) is 10.4. The molecule has 0 saturated heterocycles. The van der Waals surface area contributed by atoms with E-state index in [0.29, 0.717) is 16.5 Å². The van der Waals surface area contributed by atoms with Crippen molar-refractivity contribution in [2.24, 2.45) is 0 Å². The average molecular weight is 411 g/mol. The van der Waals surface area contributed by atoms with Crippen molar-refractivity contribution in [3.05, 3.63) is 60.4 Å². The fourth-order valence-corrected chi connectivity index (χ4v) is 3.39. The van der Waals surface area contributed by atoms with Gasteiger partial charge in [-0.3, -0.25) is 14.7 Å². The highest BCUT2D eigenvalue weighted by atomic mass is 32.2. The lowest BCUT2D eigenvalue weighted by molar-refractivity contribution is -0.113. The maximum atomic E-state index is 12.3. The van der Waals surface area contributed by atoms with Gasteiger partial charge in [0.25, 0.3) is 0 Å². The highest BCUT2D eigenvalue weighted by Crippen LogP contribution is 2.23. The van der Waals surface area contributed by atoms with Gasteiger partial charge in [0.2, 0.25) is 5.91 Å². The molecule has 0 saturated carbocycles. The summed E-state index contributed by atoms with van der Waals surface area (Å²) < 4.78 is 6.43. The molecule has 1 heterocycles. The second kappa shape index (κ2) is 9.74. The number of para-hydroxylation sites is 1. The molecule has 0 fully saturated rings. The highest BCUT2D eigenvalue weighted by molar-refractivity contribution is 7.99. The van der Waals surface area contributed by atoms with Crippen LogP contribution in [0.5, 0.6) is 0 Å². The van der Waals surface area contributed by atoms with Crippen LogP contribution in [-0.2, 0) is 16.0 Å². The van der Waals surface area contributed by atoms with Crippen molar-refractivity contribution in [2.45, 2.75) is 18.5 Å². The number of methoxy groups -OCH3 is 1. The number of aryl methyl sites for hydroxylation is 1. The maximum Gasteiger partial charge on any atom is 0.411 e. The Morgan fingerprint density at radius 3 is 2.45 bits per heavy atom.